The van der Waals surface area contributed by atoms with Crippen molar-refractivity contribution in [1.82, 2.24) is 5.06 Å². The molecule has 1 heterocycles. The smallest absolute Gasteiger partial charge is 0.229 e. The van der Waals surface area contributed by atoms with Gasteiger partial charge in [0.2, 0.25) is 5.91 Å². The number of anilines is 1. The van der Waals surface area contributed by atoms with Crippen LogP contribution >= 0.6 is 11.6 Å². The highest BCUT2D eigenvalue weighted by Gasteiger charge is 2.38. The zero-order valence-electron chi connectivity index (χ0n) is 13.5. The van der Waals surface area contributed by atoms with Crippen molar-refractivity contribution in [3.05, 3.63) is 65.2 Å². The maximum Gasteiger partial charge on any atom is 0.229 e. The molecule has 1 atom stereocenters. The molecule has 1 N–H and O–H groups in total. The summed E-state index contributed by atoms with van der Waals surface area (Å²) in [6.07, 6.45) is 0.0974. The van der Waals surface area contributed by atoms with Crippen LogP contribution in [0.25, 0.3) is 0 Å². The van der Waals surface area contributed by atoms with Crippen LogP contribution in [0.2, 0.25) is 5.02 Å². The van der Waals surface area contributed by atoms with E-state index < -0.39 is 5.72 Å². The van der Waals surface area contributed by atoms with Crippen LogP contribution in [0.1, 0.15) is 18.9 Å². The van der Waals surface area contributed by atoms with Crippen LogP contribution < -0.4 is 5.32 Å². The van der Waals surface area contributed by atoms with Crippen molar-refractivity contribution in [2.75, 3.05) is 12.4 Å². The monoisotopic (exact) mass is 343 g/mol. The van der Waals surface area contributed by atoms with Gasteiger partial charge in [-0.1, -0.05) is 41.9 Å². The van der Waals surface area contributed by atoms with Gasteiger partial charge in [0.25, 0.3) is 0 Å². The maximum absolute atomic E-state index is 12.3. The van der Waals surface area contributed by atoms with Gasteiger partial charge in [0.05, 0.1) is 11.4 Å². The van der Waals surface area contributed by atoms with E-state index >= 15 is 0 Å². The molecule has 1 aliphatic rings. The van der Waals surface area contributed by atoms with Crippen molar-refractivity contribution in [2.45, 2.75) is 19.1 Å². The topological polar surface area (TPSA) is 53.9 Å². The van der Waals surface area contributed by atoms with Crippen LogP contribution in [0.3, 0.4) is 0 Å². The third-order valence-electron chi connectivity index (χ3n) is 3.64. The first-order chi connectivity index (χ1) is 11.5. The van der Waals surface area contributed by atoms with Gasteiger partial charge in [-0.25, -0.2) is 14.9 Å². The zero-order chi connectivity index (χ0) is 17.2. The Labute approximate surface area is 145 Å². The van der Waals surface area contributed by atoms with Gasteiger partial charge in [-0.05, 0) is 31.2 Å². The fraction of sp³-hybridized carbons (Fsp3) is 0.222. The van der Waals surface area contributed by atoms with E-state index in [-0.39, 0.29) is 12.3 Å². The number of benzene rings is 2. The SMILES string of the molecule is CN1OC(C)(CC(=O)Nc2ccccc2)N=C1c1ccccc1Cl. The summed E-state index contributed by atoms with van der Waals surface area (Å²) in [6, 6.07) is 16.7. The summed E-state index contributed by atoms with van der Waals surface area (Å²) < 4.78 is 0. The summed E-state index contributed by atoms with van der Waals surface area (Å²) in [5.41, 5.74) is 0.545. The van der Waals surface area contributed by atoms with Crippen molar-refractivity contribution in [3.8, 4) is 0 Å². The van der Waals surface area contributed by atoms with Gasteiger partial charge in [-0.3, -0.25) is 4.79 Å². The maximum atomic E-state index is 12.3. The largest absolute Gasteiger partial charge is 0.326 e. The Hall–Kier alpha value is -2.37. The highest BCUT2D eigenvalue weighted by Crippen LogP contribution is 2.30. The lowest BCUT2D eigenvalue weighted by atomic mass is 10.1. The molecule has 0 saturated carbocycles. The van der Waals surface area contributed by atoms with E-state index in [9.17, 15) is 4.79 Å². The third kappa shape index (κ3) is 3.58. The molecule has 0 spiro atoms. The molecule has 0 fully saturated rings. The molecule has 0 saturated heterocycles. The summed E-state index contributed by atoms with van der Waals surface area (Å²) in [7, 11) is 1.75. The molecule has 24 heavy (non-hydrogen) atoms. The molecule has 2 aromatic rings. The molecule has 5 nitrogen and oxygen atoms in total. The van der Waals surface area contributed by atoms with E-state index in [1.807, 2.05) is 48.5 Å². The summed E-state index contributed by atoms with van der Waals surface area (Å²) in [4.78, 5) is 22.7. The molecule has 3 rings (SSSR count). The van der Waals surface area contributed by atoms with E-state index in [1.165, 1.54) is 0 Å². The fourth-order valence-electron chi connectivity index (χ4n) is 2.62. The van der Waals surface area contributed by atoms with Gasteiger partial charge in [-0.2, -0.15) is 0 Å². The summed E-state index contributed by atoms with van der Waals surface area (Å²) in [5, 5.41) is 4.98. The number of amides is 1. The predicted molar refractivity (Wildman–Crippen MR) is 94.9 cm³/mol. The molecular weight excluding hydrogens is 326 g/mol. The second kappa shape index (κ2) is 6.63. The van der Waals surface area contributed by atoms with Crippen LogP contribution in [0.4, 0.5) is 5.69 Å². The zero-order valence-corrected chi connectivity index (χ0v) is 14.2. The van der Waals surface area contributed by atoms with Crippen LogP contribution in [-0.2, 0) is 9.63 Å². The highest BCUT2D eigenvalue weighted by molar-refractivity contribution is 6.34. The quantitative estimate of drug-likeness (QED) is 0.920. The average molecular weight is 344 g/mol. The molecule has 0 aromatic heterocycles. The Morgan fingerprint density at radius 1 is 1.21 bits per heavy atom. The lowest BCUT2D eigenvalue weighted by molar-refractivity contribution is -0.164. The van der Waals surface area contributed by atoms with Crippen LogP contribution in [0.5, 0.6) is 0 Å². The number of hydrogen-bond donors (Lipinski definition) is 1. The van der Waals surface area contributed by atoms with Gasteiger partial charge < -0.3 is 5.32 Å². The molecule has 1 aliphatic heterocycles. The number of hydrogen-bond acceptors (Lipinski definition) is 4. The summed E-state index contributed by atoms with van der Waals surface area (Å²) >= 11 is 6.23. The molecule has 0 radical (unpaired) electrons. The van der Waals surface area contributed by atoms with E-state index in [4.69, 9.17) is 16.4 Å². The van der Waals surface area contributed by atoms with Crippen molar-refractivity contribution < 1.29 is 9.63 Å². The van der Waals surface area contributed by atoms with E-state index in [1.54, 1.807) is 25.1 Å². The van der Waals surface area contributed by atoms with Gasteiger partial charge in [0, 0.05) is 18.3 Å². The minimum Gasteiger partial charge on any atom is -0.326 e. The molecular formula is C18H18ClN3O2. The number of aliphatic imine (C=N–C) groups is 1. The number of nitrogens with zero attached hydrogens (tertiary/aromatic N) is 2. The molecule has 6 heteroatoms. The molecule has 0 bridgehead atoms. The lowest BCUT2D eigenvalue weighted by Gasteiger charge is -2.21. The Bertz CT molecular complexity index is 779. The molecule has 124 valence electrons. The molecule has 1 unspecified atom stereocenters. The van der Waals surface area contributed by atoms with Gasteiger partial charge >= 0.3 is 0 Å². The second-order valence-electron chi connectivity index (χ2n) is 5.77. The number of hydroxylamine groups is 2. The van der Waals surface area contributed by atoms with E-state index in [2.05, 4.69) is 10.3 Å². The standard InChI is InChI=1S/C18H18ClN3O2/c1-18(12-16(23)20-13-8-4-3-5-9-13)21-17(22(2)24-18)14-10-6-7-11-15(14)19/h3-11H,12H2,1-2H3,(H,20,23). The van der Waals surface area contributed by atoms with Crippen molar-refractivity contribution >= 4 is 29.0 Å². The first-order valence-corrected chi connectivity index (χ1v) is 7.97. The Kier molecular flexibility index (Phi) is 4.55. The van der Waals surface area contributed by atoms with Crippen LogP contribution in [0.15, 0.2) is 59.6 Å². The van der Waals surface area contributed by atoms with Crippen molar-refractivity contribution in [2.24, 2.45) is 4.99 Å². The van der Waals surface area contributed by atoms with Gasteiger partial charge in [0.1, 0.15) is 0 Å². The third-order valence-corrected chi connectivity index (χ3v) is 3.96. The van der Waals surface area contributed by atoms with E-state index in [0.29, 0.717) is 10.9 Å². The van der Waals surface area contributed by atoms with Gasteiger partial charge in [0.15, 0.2) is 11.6 Å². The number of halogens is 1. The molecule has 1 amide bonds. The molecule has 2 aromatic carbocycles. The number of nitrogens with one attached hydrogen (secondary N) is 1. The second-order valence-corrected chi connectivity index (χ2v) is 6.18. The van der Waals surface area contributed by atoms with Crippen molar-refractivity contribution in [3.63, 3.8) is 0 Å². The number of carbonyl (C=O) groups excluding carboxylic acids is 1. The lowest BCUT2D eigenvalue weighted by Crippen LogP contribution is -2.32. The summed E-state index contributed by atoms with van der Waals surface area (Å²) in [5.74, 6) is 0.442. The average Bonchev–Trinajstić information content (AvgIpc) is 2.83. The Morgan fingerprint density at radius 3 is 2.58 bits per heavy atom. The van der Waals surface area contributed by atoms with Gasteiger partial charge in [-0.15, -0.1) is 0 Å². The van der Waals surface area contributed by atoms with Crippen LogP contribution in [0, 0.1) is 0 Å². The fourth-order valence-corrected chi connectivity index (χ4v) is 2.84. The normalized spacial score (nSPS) is 20.0. The first-order valence-electron chi connectivity index (χ1n) is 7.59. The Balaban J connectivity index is 1.76. The summed E-state index contributed by atoms with van der Waals surface area (Å²) in [6.45, 7) is 1.78. The molecule has 0 aliphatic carbocycles. The first kappa shape index (κ1) is 16.5. The Morgan fingerprint density at radius 2 is 1.88 bits per heavy atom. The minimum absolute atomic E-state index is 0.0974. The number of para-hydroxylation sites is 1. The number of amidine groups is 1. The van der Waals surface area contributed by atoms with E-state index in [0.717, 1.165) is 11.3 Å². The van der Waals surface area contributed by atoms with Crippen LogP contribution in [-0.4, -0.2) is 29.6 Å². The number of carbonyl (C=O) groups is 1. The highest BCUT2D eigenvalue weighted by atomic mass is 35.5. The predicted octanol–water partition coefficient (Wildman–Crippen LogP) is 3.71. The number of rotatable bonds is 4. The van der Waals surface area contributed by atoms with Crippen molar-refractivity contribution in [1.29, 1.82) is 0 Å². The minimum atomic E-state index is -0.970.